The lowest BCUT2D eigenvalue weighted by Crippen LogP contribution is -2.55. The minimum atomic E-state index is -2.85. The SMILES string of the molecule is Cn1c(=O)n(C2CCC(=O)NC2=O)c2cccc(CCCCN3C[C@H]4CC[C@@H](C3)N4CC3CCC(n4cc(NC(=O)c5cnn6ccc(N7C[C@H]8C[C@@H]7CO8)nc56)c(C(F)F)n4)CC3)c21. The highest BCUT2D eigenvalue weighted by Gasteiger charge is 2.42. The zero-order valence-electron chi connectivity index (χ0n) is 36.7. The predicted molar refractivity (Wildman–Crippen MR) is 236 cm³/mol. The fourth-order valence-corrected chi connectivity index (χ4v) is 11.9. The lowest BCUT2D eigenvalue weighted by molar-refractivity contribution is -0.135. The van der Waals surface area contributed by atoms with Crippen molar-refractivity contribution in [2.24, 2.45) is 13.0 Å². The Bertz CT molecular complexity index is 2690. The second-order valence-corrected chi connectivity index (χ2v) is 19.2. The van der Waals surface area contributed by atoms with Crippen molar-refractivity contribution in [3.05, 3.63) is 70.2 Å². The Morgan fingerprint density at radius 2 is 1.77 bits per heavy atom. The standard InChI is InChI=1S/C46H56F2N12O5/c1-54-41-28(6-4-7-36(41)60(46(54)64)37-14-15-39(61)52-45(37)63)5-2-3-17-55-22-30-12-13-31(23-55)56(30)21-27-8-10-29(11-9-27)59-25-35(40(53-59)42(47)48)50-44(62)34-20-49-58-18-16-38(51-43(34)58)57-24-33-19-32(57)26-65-33/h4,6-7,16,18,20,25,27,29-33,37,42H,2-3,5,8-15,17,19,21-24,26H2,1H3,(H,50,62)(H,52,61,63)/t27?,29?,30-,31+,32-,33-,37?/m1/s1. The molecule has 6 fully saturated rings. The van der Waals surface area contributed by atoms with E-state index in [1.165, 1.54) is 23.6 Å². The van der Waals surface area contributed by atoms with E-state index in [4.69, 9.17) is 9.72 Å². The number of piperidine rings is 1. The highest BCUT2D eigenvalue weighted by molar-refractivity contribution is 6.08. The van der Waals surface area contributed by atoms with Crippen LogP contribution in [0.25, 0.3) is 16.7 Å². The summed E-state index contributed by atoms with van der Waals surface area (Å²) in [5.41, 5.74) is 2.58. The zero-order valence-corrected chi connectivity index (χ0v) is 36.7. The summed E-state index contributed by atoms with van der Waals surface area (Å²) in [6, 6.07) is 8.39. The molecule has 0 spiro atoms. The number of alkyl halides is 2. The number of imide groups is 1. The normalized spacial score (nSPS) is 27.2. The van der Waals surface area contributed by atoms with Crippen LogP contribution in [0, 0.1) is 5.92 Å². The lowest BCUT2D eigenvalue weighted by Gasteiger charge is -2.43. The monoisotopic (exact) mass is 894 g/mol. The predicted octanol–water partition coefficient (Wildman–Crippen LogP) is 4.63. The van der Waals surface area contributed by atoms with Gasteiger partial charge in [-0.1, -0.05) is 12.1 Å². The molecular formula is C46H56F2N12O5. The molecule has 4 aromatic heterocycles. The molecule has 1 saturated carbocycles. The van der Waals surface area contributed by atoms with Crippen LogP contribution in [0.2, 0.25) is 0 Å². The van der Waals surface area contributed by atoms with E-state index < -0.39 is 30.0 Å². The fourth-order valence-electron chi connectivity index (χ4n) is 11.9. The number of morpholine rings is 1. The summed E-state index contributed by atoms with van der Waals surface area (Å²) in [5.74, 6) is -0.00797. The Hall–Kier alpha value is -5.53. The number of anilines is 2. The van der Waals surface area contributed by atoms with Crippen LogP contribution in [0.15, 0.2) is 47.7 Å². The average Bonchev–Trinajstić information content (AvgIpc) is 4.17. The number of imidazole rings is 1. The van der Waals surface area contributed by atoms with Gasteiger partial charge in [0.15, 0.2) is 11.3 Å². The third kappa shape index (κ3) is 7.81. The average molecular weight is 895 g/mol. The number of piperazine rings is 1. The highest BCUT2D eigenvalue weighted by atomic mass is 19.3. The number of nitrogens with one attached hydrogen (secondary N) is 2. The van der Waals surface area contributed by atoms with Gasteiger partial charge in [0.05, 0.1) is 47.7 Å². The number of amides is 3. The highest BCUT2D eigenvalue weighted by Crippen LogP contribution is 2.39. The molecule has 1 aliphatic carbocycles. The molecule has 6 aliphatic rings. The first-order chi connectivity index (χ1) is 31.6. The molecule has 1 unspecified atom stereocenters. The molecule has 1 aromatic carbocycles. The molecule has 4 bridgehead atoms. The minimum absolute atomic E-state index is 0.0112. The summed E-state index contributed by atoms with van der Waals surface area (Å²) in [6.45, 7) is 5.59. The second kappa shape index (κ2) is 17.0. The largest absolute Gasteiger partial charge is 0.374 e. The van der Waals surface area contributed by atoms with Gasteiger partial charge in [0, 0.05) is 64.1 Å². The van der Waals surface area contributed by atoms with Crippen molar-refractivity contribution in [3.63, 3.8) is 0 Å². The van der Waals surface area contributed by atoms with E-state index in [0.717, 1.165) is 107 Å². The summed E-state index contributed by atoms with van der Waals surface area (Å²) in [6.07, 6.45) is 12.5. The Labute approximate surface area is 374 Å². The number of aromatic nitrogens is 7. The van der Waals surface area contributed by atoms with Crippen LogP contribution in [-0.2, 0) is 27.8 Å². The number of unbranched alkanes of at least 4 members (excludes halogenated alkanes) is 1. The second-order valence-electron chi connectivity index (χ2n) is 19.2. The van der Waals surface area contributed by atoms with Crippen molar-refractivity contribution in [2.75, 3.05) is 49.5 Å². The third-order valence-corrected chi connectivity index (χ3v) is 15.3. The smallest absolute Gasteiger partial charge is 0.329 e. The van der Waals surface area contributed by atoms with Crippen LogP contribution in [-0.4, -0.2) is 125 Å². The molecule has 5 aliphatic heterocycles. The topological polar surface area (TPSA) is 169 Å². The minimum Gasteiger partial charge on any atom is -0.374 e. The van der Waals surface area contributed by atoms with Gasteiger partial charge in [0.1, 0.15) is 17.4 Å². The number of halogens is 2. The first kappa shape index (κ1) is 42.1. The maximum atomic E-state index is 14.4. The van der Waals surface area contributed by atoms with Gasteiger partial charge < -0.3 is 19.9 Å². The summed E-state index contributed by atoms with van der Waals surface area (Å²) in [5, 5.41) is 13.7. The molecule has 19 heteroatoms. The van der Waals surface area contributed by atoms with Crippen molar-refractivity contribution in [1.82, 2.24) is 48.6 Å². The number of rotatable bonds is 13. The number of hydrogen-bond donors (Lipinski definition) is 2. The van der Waals surface area contributed by atoms with E-state index in [1.807, 2.05) is 18.2 Å². The molecule has 3 amide bonds. The van der Waals surface area contributed by atoms with Crippen LogP contribution in [0.3, 0.4) is 0 Å². The molecule has 5 aromatic rings. The number of nitrogens with zero attached hydrogens (tertiary/aromatic N) is 10. The van der Waals surface area contributed by atoms with E-state index in [2.05, 4.69) is 41.6 Å². The van der Waals surface area contributed by atoms with E-state index in [1.54, 1.807) is 33.3 Å². The molecule has 344 valence electrons. The molecule has 5 saturated heterocycles. The maximum absolute atomic E-state index is 14.4. The number of benzene rings is 1. The maximum Gasteiger partial charge on any atom is 0.329 e. The third-order valence-electron chi connectivity index (χ3n) is 15.3. The Morgan fingerprint density at radius 1 is 0.969 bits per heavy atom. The zero-order chi connectivity index (χ0) is 44.5. The van der Waals surface area contributed by atoms with Crippen molar-refractivity contribution in [3.8, 4) is 0 Å². The van der Waals surface area contributed by atoms with Crippen LogP contribution in [0.5, 0.6) is 0 Å². The van der Waals surface area contributed by atoms with Crippen molar-refractivity contribution < 1.29 is 27.9 Å². The molecular weight excluding hydrogens is 839 g/mol. The summed E-state index contributed by atoms with van der Waals surface area (Å²) < 4.78 is 40.9. The van der Waals surface area contributed by atoms with Crippen LogP contribution in [0.1, 0.15) is 111 Å². The Kier molecular flexibility index (Phi) is 11.0. The van der Waals surface area contributed by atoms with Crippen molar-refractivity contribution in [2.45, 2.75) is 120 Å². The van der Waals surface area contributed by atoms with Gasteiger partial charge in [-0.25, -0.2) is 23.1 Å². The van der Waals surface area contributed by atoms with Crippen LogP contribution < -0.4 is 21.2 Å². The van der Waals surface area contributed by atoms with Gasteiger partial charge in [-0.05, 0) is 101 Å². The molecule has 11 rings (SSSR count). The fraction of sp³-hybridized carbons (Fsp3) is 0.587. The van der Waals surface area contributed by atoms with Crippen molar-refractivity contribution in [1.29, 1.82) is 0 Å². The Morgan fingerprint density at radius 3 is 2.51 bits per heavy atom. The van der Waals surface area contributed by atoms with E-state index in [-0.39, 0.29) is 47.5 Å². The number of likely N-dealkylation sites (tertiary alicyclic amines) is 1. The van der Waals surface area contributed by atoms with Gasteiger partial charge in [-0.15, -0.1) is 0 Å². The molecule has 9 heterocycles. The van der Waals surface area contributed by atoms with Gasteiger partial charge >= 0.3 is 5.69 Å². The molecule has 65 heavy (non-hydrogen) atoms. The van der Waals surface area contributed by atoms with Crippen LogP contribution >= 0.6 is 0 Å². The summed E-state index contributed by atoms with van der Waals surface area (Å²) >= 11 is 0. The first-order valence-electron chi connectivity index (χ1n) is 23.5. The van der Waals surface area contributed by atoms with E-state index in [9.17, 15) is 28.0 Å². The van der Waals surface area contributed by atoms with Gasteiger partial charge in [0.2, 0.25) is 11.8 Å². The molecule has 0 radical (unpaired) electrons. The number of carbonyl (C=O) groups excluding carboxylic acids is 3. The van der Waals surface area contributed by atoms with E-state index >= 15 is 0 Å². The van der Waals surface area contributed by atoms with Gasteiger partial charge in [-0.2, -0.15) is 10.2 Å². The number of para-hydroxylation sites is 1. The lowest BCUT2D eigenvalue weighted by atomic mass is 9.85. The van der Waals surface area contributed by atoms with Gasteiger partial charge in [-0.3, -0.25) is 38.4 Å². The Balaban J connectivity index is 0.666. The summed E-state index contributed by atoms with van der Waals surface area (Å²) in [4.78, 5) is 63.7. The van der Waals surface area contributed by atoms with Crippen molar-refractivity contribution >= 4 is 45.9 Å². The van der Waals surface area contributed by atoms with Crippen LogP contribution in [0.4, 0.5) is 20.3 Å². The van der Waals surface area contributed by atoms with Gasteiger partial charge in [0.25, 0.3) is 12.3 Å². The number of fused-ring (bicyclic) bond motifs is 6. The number of carbonyl (C=O) groups is 3. The molecule has 2 N–H and O–H groups in total. The number of aryl methyl sites for hydroxylation is 2. The first-order valence-corrected chi connectivity index (χ1v) is 23.5. The summed E-state index contributed by atoms with van der Waals surface area (Å²) in [7, 11) is 1.76. The number of hydrogen-bond acceptors (Lipinski definition) is 11. The number of ether oxygens (including phenoxy) is 1. The van der Waals surface area contributed by atoms with E-state index in [0.29, 0.717) is 36.7 Å². The molecule has 5 atom stereocenters. The molecule has 17 nitrogen and oxygen atoms in total. The quantitative estimate of drug-likeness (QED) is 0.125.